The van der Waals surface area contributed by atoms with E-state index in [-0.39, 0.29) is 17.8 Å². The van der Waals surface area contributed by atoms with Crippen LogP contribution in [0.15, 0.2) is 60.7 Å². The molecule has 7 heteroatoms. The number of hydroxylamine groups is 2. The minimum absolute atomic E-state index is 0.0144. The first-order chi connectivity index (χ1) is 16.7. The van der Waals surface area contributed by atoms with E-state index in [4.69, 9.17) is 19.0 Å². The van der Waals surface area contributed by atoms with Crippen LogP contribution in [-0.4, -0.2) is 43.1 Å². The number of hydrogen-bond donors (Lipinski definition) is 0. The maximum absolute atomic E-state index is 13.5. The number of nitrogens with zero attached hydrogens (tertiary/aromatic N) is 1. The van der Waals surface area contributed by atoms with Gasteiger partial charge in [-0.05, 0) is 50.3 Å². The number of ether oxygens (including phenoxy) is 3. The predicted octanol–water partition coefficient (Wildman–Crippen LogP) is 6.23. The summed E-state index contributed by atoms with van der Waals surface area (Å²) in [7, 11) is 1.66. The van der Waals surface area contributed by atoms with E-state index in [0.29, 0.717) is 26.1 Å². The second-order valence-corrected chi connectivity index (χ2v) is 9.72. The van der Waals surface area contributed by atoms with Gasteiger partial charge in [-0.25, -0.2) is 9.18 Å². The number of carbonyl (C=O) groups is 1. The average Bonchev–Trinajstić information content (AvgIpc) is 2.82. The van der Waals surface area contributed by atoms with Gasteiger partial charge in [0.25, 0.3) is 0 Å². The summed E-state index contributed by atoms with van der Waals surface area (Å²) in [5.74, 6) is 0.512. The number of piperidine rings is 1. The van der Waals surface area contributed by atoms with Gasteiger partial charge in [0.1, 0.15) is 17.2 Å². The number of rotatable bonds is 6. The molecule has 3 aromatic carbocycles. The van der Waals surface area contributed by atoms with Crippen molar-refractivity contribution in [2.24, 2.45) is 0 Å². The molecule has 1 heterocycles. The first-order valence-corrected chi connectivity index (χ1v) is 11.8. The Morgan fingerprint density at radius 3 is 2.51 bits per heavy atom. The lowest BCUT2D eigenvalue weighted by atomic mass is 9.87. The van der Waals surface area contributed by atoms with Crippen molar-refractivity contribution < 1.29 is 28.2 Å². The molecule has 0 radical (unpaired) electrons. The summed E-state index contributed by atoms with van der Waals surface area (Å²) in [6.45, 7) is 6.56. The minimum Gasteiger partial charge on any atom is -0.496 e. The van der Waals surface area contributed by atoms with Crippen LogP contribution in [0.1, 0.15) is 44.2 Å². The zero-order valence-corrected chi connectivity index (χ0v) is 20.6. The van der Waals surface area contributed by atoms with Gasteiger partial charge >= 0.3 is 6.16 Å². The van der Waals surface area contributed by atoms with Crippen LogP contribution in [0.3, 0.4) is 0 Å². The number of benzene rings is 3. The van der Waals surface area contributed by atoms with Crippen LogP contribution in [-0.2, 0) is 20.9 Å². The minimum atomic E-state index is -0.743. The Morgan fingerprint density at radius 2 is 1.80 bits per heavy atom. The monoisotopic (exact) mass is 481 g/mol. The number of carbonyl (C=O) groups excluding carboxylic acids is 1. The average molecular weight is 482 g/mol. The largest absolute Gasteiger partial charge is 0.528 e. The summed E-state index contributed by atoms with van der Waals surface area (Å²) in [5, 5.41) is 3.69. The molecule has 2 unspecified atom stereocenters. The van der Waals surface area contributed by atoms with Crippen LogP contribution >= 0.6 is 0 Å². The van der Waals surface area contributed by atoms with Crippen LogP contribution in [0.2, 0.25) is 0 Å². The van der Waals surface area contributed by atoms with Crippen LogP contribution in [0.4, 0.5) is 9.18 Å². The third kappa shape index (κ3) is 6.29. The molecule has 2 atom stereocenters. The van der Waals surface area contributed by atoms with E-state index in [1.165, 1.54) is 12.1 Å². The zero-order chi connectivity index (χ0) is 25.0. The van der Waals surface area contributed by atoms with Gasteiger partial charge in [-0.1, -0.05) is 48.5 Å². The summed E-state index contributed by atoms with van der Waals surface area (Å²) in [6.07, 6.45) is -0.367. The van der Waals surface area contributed by atoms with Crippen LogP contribution in [0.25, 0.3) is 10.8 Å². The molecule has 0 aromatic heterocycles. The fourth-order valence-corrected chi connectivity index (χ4v) is 4.44. The van der Waals surface area contributed by atoms with Crippen molar-refractivity contribution in [3.8, 4) is 5.75 Å². The first-order valence-electron chi connectivity index (χ1n) is 11.8. The van der Waals surface area contributed by atoms with E-state index < -0.39 is 11.8 Å². The second kappa shape index (κ2) is 10.6. The molecule has 1 saturated heterocycles. The zero-order valence-electron chi connectivity index (χ0n) is 20.6. The molecular formula is C28H32FNO5. The van der Waals surface area contributed by atoms with Gasteiger partial charge in [-0.15, -0.1) is 5.06 Å². The van der Waals surface area contributed by atoms with Crippen molar-refractivity contribution >= 4 is 16.9 Å². The lowest BCUT2D eigenvalue weighted by molar-refractivity contribution is -0.179. The molecule has 0 spiro atoms. The van der Waals surface area contributed by atoms with E-state index >= 15 is 0 Å². The number of fused-ring (bicyclic) bond motifs is 1. The fraction of sp³-hybridized carbons (Fsp3) is 0.393. The second-order valence-electron chi connectivity index (χ2n) is 9.72. The highest BCUT2D eigenvalue weighted by Crippen LogP contribution is 2.34. The normalized spacial score (nSPS) is 18.9. The first kappa shape index (κ1) is 24.9. The van der Waals surface area contributed by atoms with Gasteiger partial charge in [-0.2, -0.15) is 0 Å². The molecule has 1 aliphatic rings. The Kier molecular flexibility index (Phi) is 7.57. The predicted molar refractivity (Wildman–Crippen MR) is 132 cm³/mol. The van der Waals surface area contributed by atoms with Crippen LogP contribution in [0.5, 0.6) is 5.75 Å². The summed E-state index contributed by atoms with van der Waals surface area (Å²) < 4.78 is 31.0. The maximum atomic E-state index is 13.5. The summed E-state index contributed by atoms with van der Waals surface area (Å²) >= 11 is 0. The lowest BCUT2D eigenvalue weighted by Crippen LogP contribution is -2.45. The number of methoxy groups -OCH3 is 1. The highest BCUT2D eigenvalue weighted by atomic mass is 19.1. The smallest absolute Gasteiger partial charge is 0.496 e. The molecule has 6 nitrogen and oxygen atoms in total. The van der Waals surface area contributed by atoms with Crippen molar-refractivity contribution in [1.82, 2.24) is 5.06 Å². The number of halogens is 1. The van der Waals surface area contributed by atoms with E-state index in [9.17, 15) is 9.18 Å². The maximum Gasteiger partial charge on any atom is 0.528 e. The van der Waals surface area contributed by atoms with Crippen LogP contribution in [0, 0.1) is 5.82 Å². The molecule has 4 rings (SSSR count). The van der Waals surface area contributed by atoms with Crippen molar-refractivity contribution in [2.75, 3.05) is 20.2 Å². The molecule has 3 aromatic rings. The van der Waals surface area contributed by atoms with E-state index in [0.717, 1.165) is 27.6 Å². The molecule has 35 heavy (non-hydrogen) atoms. The molecule has 0 saturated carbocycles. The Morgan fingerprint density at radius 1 is 1.06 bits per heavy atom. The summed E-state index contributed by atoms with van der Waals surface area (Å²) in [6, 6.07) is 18.6. The lowest BCUT2D eigenvalue weighted by Gasteiger charge is -2.37. The van der Waals surface area contributed by atoms with Gasteiger partial charge < -0.3 is 19.0 Å². The highest BCUT2D eigenvalue weighted by Gasteiger charge is 2.34. The molecule has 0 bridgehead atoms. The van der Waals surface area contributed by atoms with Gasteiger partial charge in [0, 0.05) is 23.4 Å². The Hall–Kier alpha value is -3.16. The van der Waals surface area contributed by atoms with E-state index in [1.54, 1.807) is 45.1 Å². The highest BCUT2D eigenvalue weighted by molar-refractivity contribution is 5.89. The molecule has 0 aliphatic carbocycles. The Bertz CT molecular complexity index is 1160. The van der Waals surface area contributed by atoms with Gasteiger partial charge in [0.15, 0.2) is 0 Å². The molecule has 0 amide bonds. The standard InChI is InChI=1S/C28H32FNO5/c1-28(2,3)34-27(31)35-30-16-15-23(20-11-13-22(29)14-12-20)25(17-30)33-18-21-10-9-19-7-5-6-8-24(19)26(21)32-4/h5-14,23,25H,15-18H2,1-4H3. The van der Waals surface area contributed by atoms with Gasteiger partial charge in [0.2, 0.25) is 0 Å². The van der Waals surface area contributed by atoms with Crippen molar-refractivity contribution in [3.05, 3.63) is 77.6 Å². The summed E-state index contributed by atoms with van der Waals surface area (Å²) in [4.78, 5) is 17.7. The van der Waals surface area contributed by atoms with Crippen molar-refractivity contribution in [3.63, 3.8) is 0 Å². The van der Waals surface area contributed by atoms with E-state index in [2.05, 4.69) is 0 Å². The molecule has 1 fully saturated rings. The molecular weight excluding hydrogens is 449 g/mol. The van der Waals surface area contributed by atoms with Gasteiger partial charge in [-0.3, -0.25) is 0 Å². The Balaban J connectivity index is 1.53. The topological polar surface area (TPSA) is 57.2 Å². The van der Waals surface area contributed by atoms with Crippen LogP contribution < -0.4 is 4.74 Å². The number of hydrogen-bond acceptors (Lipinski definition) is 6. The van der Waals surface area contributed by atoms with Crippen molar-refractivity contribution in [1.29, 1.82) is 0 Å². The third-order valence-corrected chi connectivity index (χ3v) is 6.03. The molecule has 1 aliphatic heterocycles. The fourth-order valence-electron chi connectivity index (χ4n) is 4.44. The SMILES string of the molecule is COc1c(COC2CN(OC(=O)OC(C)(C)C)CCC2c2ccc(F)cc2)ccc2ccccc12. The molecule has 0 N–H and O–H groups in total. The quantitative estimate of drug-likeness (QED) is 0.389. The van der Waals surface area contributed by atoms with E-state index in [1.807, 2.05) is 36.4 Å². The molecule has 186 valence electrons. The Labute approximate surface area is 205 Å². The summed E-state index contributed by atoms with van der Waals surface area (Å²) in [5.41, 5.74) is 1.26. The third-order valence-electron chi connectivity index (χ3n) is 6.03. The van der Waals surface area contributed by atoms with Crippen molar-refractivity contribution in [2.45, 2.75) is 51.4 Å². The van der Waals surface area contributed by atoms with Gasteiger partial charge in [0.05, 0.1) is 26.4 Å².